The summed E-state index contributed by atoms with van der Waals surface area (Å²) < 4.78 is 0. The molecule has 2 radical (unpaired) electrons. The van der Waals surface area contributed by atoms with Gasteiger partial charge in [0.15, 0.2) is 0 Å². The normalized spacial score (nSPS) is 8.00. The van der Waals surface area contributed by atoms with Crippen LogP contribution in [0.2, 0.25) is 0 Å². The Balaban J connectivity index is 0. The van der Waals surface area contributed by atoms with Crippen LogP contribution in [0, 0.1) is 12.8 Å². The van der Waals surface area contributed by atoms with E-state index in [2.05, 4.69) is 20.8 Å². The van der Waals surface area contributed by atoms with E-state index < -0.39 is 0 Å². The van der Waals surface area contributed by atoms with Gasteiger partial charge in [0.25, 0.3) is 0 Å². The third-order valence-corrected chi connectivity index (χ3v) is 0.697. The summed E-state index contributed by atoms with van der Waals surface area (Å²) in [7, 11) is 0. The van der Waals surface area contributed by atoms with Crippen LogP contribution in [0.5, 0.6) is 0 Å². The summed E-state index contributed by atoms with van der Waals surface area (Å²) in [4.78, 5) is 0. The molecule has 1 atom stereocenters. The van der Waals surface area contributed by atoms with Crippen LogP contribution in [-0.2, 0) is 17.1 Å². The van der Waals surface area contributed by atoms with E-state index in [1.165, 1.54) is 6.42 Å². The minimum absolute atomic E-state index is 0. The summed E-state index contributed by atoms with van der Waals surface area (Å²) in [5, 5.41) is 0. The smallest absolute Gasteiger partial charge is 0 e. The first-order valence-corrected chi connectivity index (χ1v) is 2.10. The van der Waals surface area contributed by atoms with Crippen molar-refractivity contribution in [3.63, 3.8) is 0 Å². The number of hydrogen-bond acceptors (Lipinski definition) is 0. The second-order valence-electron chi connectivity index (χ2n) is 1.51. The van der Waals surface area contributed by atoms with E-state index in [-0.39, 0.29) is 17.1 Å². The van der Waals surface area contributed by atoms with Gasteiger partial charge in [-0.05, 0) is 5.92 Å². The first-order valence-electron chi connectivity index (χ1n) is 2.10. The molecule has 0 spiro atoms. The van der Waals surface area contributed by atoms with E-state index in [1.807, 2.05) is 0 Å². The molecule has 1 unspecified atom stereocenters. The number of hydrogen-bond donors (Lipinski definition) is 0. The van der Waals surface area contributed by atoms with Crippen molar-refractivity contribution in [2.45, 2.75) is 20.3 Å². The molecule has 0 aromatic rings. The molecule has 0 saturated carbocycles. The summed E-state index contributed by atoms with van der Waals surface area (Å²) in [5.41, 5.74) is 0. The van der Waals surface area contributed by atoms with E-state index in [0.717, 1.165) is 0 Å². The molecule has 0 heterocycles. The SMILES string of the molecule is [CH2]C(C)CC.[Cu]. The van der Waals surface area contributed by atoms with Gasteiger partial charge in [0.2, 0.25) is 0 Å². The Morgan fingerprint density at radius 3 is 1.83 bits per heavy atom. The quantitative estimate of drug-likeness (QED) is 0.481. The van der Waals surface area contributed by atoms with Crippen LogP contribution in [0.1, 0.15) is 20.3 Å². The molecule has 6 heavy (non-hydrogen) atoms. The first-order chi connectivity index (χ1) is 2.27. The Kier molecular flexibility index (Phi) is 8.94. The molecular weight excluding hydrogens is 124 g/mol. The molecule has 0 rings (SSSR count). The van der Waals surface area contributed by atoms with Crippen molar-refractivity contribution in [3.8, 4) is 0 Å². The zero-order valence-electron chi connectivity index (χ0n) is 4.29. The van der Waals surface area contributed by atoms with Gasteiger partial charge >= 0.3 is 0 Å². The van der Waals surface area contributed by atoms with Crippen LogP contribution >= 0.6 is 0 Å². The van der Waals surface area contributed by atoms with Crippen molar-refractivity contribution in [1.29, 1.82) is 0 Å². The zero-order chi connectivity index (χ0) is 4.28. The van der Waals surface area contributed by atoms with Crippen molar-refractivity contribution in [3.05, 3.63) is 6.92 Å². The number of rotatable bonds is 1. The van der Waals surface area contributed by atoms with Crippen molar-refractivity contribution >= 4 is 0 Å². The minimum atomic E-state index is 0. The monoisotopic (exact) mass is 134 g/mol. The molecule has 0 aliphatic rings. The van der Waals surface area contributed by atoms with Crippen molar-refractivity contribution < 1.29 is 17.1 Å². The molecule has 0 N–H and O–H groups in total. The summed E-state index contributed by atoms with van der Waals surface area (Å²) in [6, 6.07) is 0. The Morgan fingerprint density at radius 2 is 1.83 bits per heavy atom. The zero-order valence-corrected chi connectivity index (χ0v) is 5.23. The van der Waals surface area contributed by atoms with Crippen molar-refractivity contribution in [2.24, 2.45) is 5.92 Å². The van der Waals surface area contributed by atoms with Crippen LogP contribution in [0.4, 0.5) is 0 Å². The van der Waals surface area contributed by atoms with Gasteiger partial charge in [-0.15, -0.1) is 0 Å². The second kappa shape index (κ2) is 5.52. The third-order valence-electron chi connectivity index (χ3n) is 0.697. The predicted molar refractivity (Wildman–Crippen MR) is 24.8 cm³/mol. The molecule has 0 saturated heterocycles. The Labute approximate surface area is 50.8 Å². The molecule has 0 aromatic carbocycles. The largest absolute Gasteiger partial charge is 0.0651 e. The summed E-state index contributed by atoms with van der Waals surface area (Å²) in [6.45, 7) is 8.00. The van der Waals surface area contributed by atoms with E-state index in [4.69, 9.17) is 0 Å². The van der Waals surface area contributed by atoms with Crippen LogP contribution < -0.4 is 0 Å². The molecule has 0 aliphatic carbocycles. The molecule has 0 fully saturated rings. The standard InChI is InChI=1S/C5H11.Cu/c1-4-5(2)3;/h5H,2,4H2,1,3H3;. The third kappa shape index (κ3) is 8.82. The van der Waals surface area contributed by atoms with Crippen LogP contribution in [-0.4, -0.2) is 0 Å². The molecule has 0 aliphatic heterocycles. The molecule has 0 bridgehead atoms. The van der Waals surface area contributed by atoms with Crippen LogP contribution in [0.25, 0.3) is 0 Å². The average molecular weight is 135 g/mol. The molecule has 42 valence electrons. The van der Waals surface area contributed by atoms with Crippen LogP contribution in [0.3, 0.4) is 0 Å². The van der Waals surface area contributed by atoms with E-state index in [0.29, 0.717) is 5.92 Å². The predicted octanol–water partition coefficient (Wildman–Crippen LogP) is 1.86. The summed E-state index contributed by atoms with van der Waals surface area (Å²) in [5.74, 6) is 0.634. The van der Waals surface area contributed by atoms with Gasteiger partial charge in [-0.3, -0.25) is 0 Å². The maximum absolute atomic E-state index is 3.76. The summed E-state index contributed by atoms with van der Waals surface area (Å²) in [6.07, 6.45) is 1.19. The Morgan fingerprint density at radius 1 is 1.67 bits per heavy atom. The topological polar surface area (TPSA) is 0 Å². The molecule has 1 heteroatoms. The van der Waals surface area contributed by atoms with Gasteiger partial charge in [-0.2, -0.15) is 0 Å². The van der Waals surface area contributed by atoms with Gasteiger partial charge in [-0.25, -0.2) is 0 Å². The van der Waals surface area contributed by atoms with Gasteiger partial charge in [-0.1, -0.05) is 27.2 Å². The Bertz CT molecular complexity index is 17.9. The molecule has 0 amide bonds. The maximum atomic E-state index is 3.76. The van der Waals surface area contributed by atoms with Gasteiger partial charge in [0.05, 0.1) is 0 Å². The molecule has 0 aromatic heterocycles. The van der Waals surface area contributed by atoms with Gasteiger partial charge in [0, 0.05) is 17.1 Å². The van der Waals surface area contributed by atoms with Crippen molar-refractivity contribution in [1.82, 2.24) is 0 Å². The average Bonchev–Trinajstić information content (AvgIpc) is 1.38. The van der Waals surface area contributed by atoms with Gasteiger partial charge in [0.1, 0.15) is 0 Å². The van der Waals surface area contributed by atoms with E-state index in [1.54, 1.807) is 0 Å². The fourth-order valence-corrected chi connectivity index (χ4v) is 0. The maximum Gasteiger partial charge on any atom is 0 e. The van der Waals surface area contributed by atoms with Gasteiger partial charge < -0.3 is 0 Å². The fourth-order valence-electron chi connectivity index (χ4n) is 0. The Hall–Kier alpha value is 0.519. The van der Waals surface area contributed by atoms with E-state index >= 15 is 0 Å². The fraction of sp³-hybridized carbons (Fsp3) is 0.800. The minimum Gasteiger partial charge on any atom is -0.0651 e. The summed E-state index contributed by atoms with van der Waals surface area (Å²) >= 11 is 0. The second-order valence-corrected chi connectivity index (χ2v) is 1.51. The van der Waals surface area contributed by atoms with Crippen molar-refractivity contribution in [2.75, 3.05) is 0 Å². The first kappa shape index (κ1) is 9.72. The molecular formula is C5H11Cu. The van der Waals surface area contributed by atoms with Crippen LogP contribution in [0.15, 0.2) is 0 Å². The van der Waals surface area contributed by atoms with E-state index in [9.17, 15) is 0 Å². The molecule has 0 nitrogen and oxygen atoms in total.